The fourth-order valence-electron chi connectivity index (χ4n) is 4.36. The Morgan fingerprint density at radius 2 is 1.79 bits per heavy atom. The predicted octanol–water partition coefficient (Wildman–Crippen LogP) is 1.67. The smallest absolute Gasteiger partial charge is 0.348 e. The van der Waals surface area contributed by atoms with Crippen LogP contribution in [-0.2, 0) is 16.9 Å². The molecular formula is C20H18NO7+. The molecule has 2 aromatic carbocycles. The second-order valence-electron chi connectivity index (χ2n) is 7.74. The molecular weight excluding hydrogens is 366 g/mol. The minimum atomic E-state index is -1.62. The van der Waals surface area contributed by atoms with Crippen molar-refractivity contribution in [3.05, 3.63) is 46.5 Å². The summed E-state index contributed by atoms with van der Waals surface area (Å²) in [7, 11) is 3.65. The van der Waals surface area contributed by atoms with Gasteiger partial charge in [-0.05, 0) is 29.8 Å². The molecule has 0 saturated heterocycles. The van der Waals surface area contributed by atoms with E-state index in [1.54, 1.807) is 6.07 Å². The summed E-state index contributed by atoms with van der Waals surface area (Å²) in [4.78, 5) is 26.6. The number of hydrogen-bond acceptors (Lipinski definition) is 7. The second kappa shape index (κ2) is 5.17. The van der Waals surface area contributed by atoms with Gasteiger partial charge in [-0.15, -0.1) is 0 Å². The summed E-state index contributed by atoms with van der Waals surface area (Å²) in [6.45, 7) is 0.637. The molecule has 1 atom stereocenters. The minimum Gasteiger partial charge on any atom is -0.504 e. The summed E-state index contributed by atoms with van der Waals surface area (Å²) in [5.41, 5.74) is -0.534. The Morgan fingerprint density at radius 1 is 1.07 bits per heavy atom. The number of phenolic OH excluding ortho intramolecular Hbond substituents is 2. The number of benzene rings is 2. The van der Waals surface area contributed by atoms with Crippen molar-refractivity contribution in [2.75, 3.05) is 27.4 Å². The van der Waals surface area contributed by atoms with E-state index in [-0.39, 0.29) is 22.4 Å². The van der Waals surface area contributed by atoms with Crippen molar-refractivity contribution in [1.29, 1.82) is 0 Å². The first-order chi connectivity index (χ1) is 13.3. The van der Waals surface area contributed by atoms with Gasteiger partial charge in [0.1, 0.15) is 5.56 Å². The van der Waals surface area contributed by atoms with Crippen LogP contribution in [0.2, 0.25) is 0 Å². The van der Waals surface area contributed by atoms with Gasteiger partial charge in [-0.2, -0.15) is 0 Å². The van der Waals surface area contributed by atoms with E-state index in [9.17, 15) is 19.8 Å². The average molecular weight is 384 g/mol. The molecule has 2 N–H and O–H groups in total. The summed E-state index contributed by atoms with van der Waals surface area (Å²) in [5.74, 6) is -1.37. The molecule has 8 nitrogen and oxygen atoms in total. The second-order valence-corrected chi connectivity index (χ2v) is 7.74. The van der Waals surface area contributed by atoms with E-state index >= 15 is 0 Å². The van der Waals surface area contributed by atoms with Gasteiger partial charge in [-0.3, -0.25) is 9.28 Å². The molecule has 3 aliphatic rings. The maximum atomic E-state index is 13.7. The van der Waals surface area contributed by atoms with Crippen LogP contribution in [0.15, 0.2) is 24.3 Å². The minimum absolute atomic E-state index is 0.0169. The molecule has 0 bridgehead atoms. The summed E-state index contributed by atoms with van der Waals surface area (Å²) < 4.78 is 16.8. The SMILES string of the molecule is C[N+]1(C)CCc2cc3c(cc2C12OC(=O)c1c(ccc(O)c1O)C2=O)OCO3. The van der Waals surface area contributed by atoms with E-state index in [2.05, 4.69) is 0 Å². The zero-order chi connectivity index (χ0) is 19.8. The Kier molecular flexibility index (Phi) is 3.12. The maximum Gasteiger partial charge on any atom is 0.348 e. The third-order valence-corrected chi connectivity index (χ3v) is 5.91. The van der Waals surface area contributed by atoms with Crippen molar-refractivity contribution in [3.63, 3.8) is 0 Å². The molecule has 1 unspecified atom stereocenters. The first kappa shape index (κ1) is 16.9. The highest BCUT2D eigenvalue weighted by molar-refractivity contribution is 6.15. The molecule has 8 heteroatoms. The highest BCUT2D eigenvalue weighted by Crippen LogP contribution is 2.51. The first-order valence-corrected chi connectivity index (χ1v) is 8.85. The third-order valence-electron chi connectivity index (χ3n) is 5.91. The molecule has 0 amide bonds. The molecule has 0 fully saturated rings. The molecule has 5 rings (SSSR count). The molecule has 1 spiro atoms. The fraction of sp³-hybridized carbons (Fsp3) is 0.300. The molecule has 3 aliphatic heterocycles. The summed E-state index contributed by atoms with van der Waals surface area (Å²) in [6.07, 6.45) is 0.666. The van der Waals surface area contributed by atoms with Crippen molar-refractivity contribution in [3.8, 4) is 23.0 Å². The van der Waals surface area contributed by atoms with E-state index in [1.807, 2.05) is 20.2 Å². The van der Waals surface area contributed by atoms with E-state index in [1.165, 1.54) is 12.1 Å². The first-order valence-electron chi connectivity index (χ1n) is 8.85. The van der Waals surface area contributed by atoms with Crippen molar-refractivity contribution in [2.24, 2.45) is 0 Å². The normalized spacial score (nSPS) is 23.9. The fourth-order valence-corrected chi connectivity index (χ4v) is 4.36. The lowest BCUT2D eigenvalue weighted by Crippen LogP contribution is -2.67. The molecule has 0 aliphatic carbocycles. The lowest BCUT2D eigenvalue weighted by Gasteiger charge is -2.50. The van der Waals surface area contributed by atoms with E-state index < -0.39 is 29.0 Å². The van der Waals surface area contributed by atoms with E-state index in [0.29, 0.717) is 30.0 Å². The number of esters is 1. The summed E-state index contributed by atoms with van der Waals surface area (Å²) >= 11 is 0. The molecule has 144 valence electrons. The molecule has 3 heterocycles. The van der Waals surface area contributed by atoms with Crippen LogP contribution in [0.5, 0.6) is 23.0 Å². The quantitative estimate of drug-likeness (QED) is 0.405. The van der Waals surface area contributed by atoms with Crippen LogP contribution in [0.4, 0.5) is 0 Å². The monoisotopic (exact) mass is 384 g/mol. The van der Waals surface area contributed by atoms with Gasteiger partial charge in [0.05, 0.1) is 26.2 Å². The third kappa shape index (κ3) is 1.87. The topological polar surface area (TPSA) is 102 Å². The molecule has 0 aromatic heterocycles. The number of phenols is 2. The van der Waals surface area contributed by atoms with Gasteiger partial charge in [0, 0.05) is 12.0 Å². The van der Waals surface area contributed by atoms with E-state index in [4.69, 9.17) is 14.2 Å². The van der Waals surface area contributed by atoms with Crippen LogP contribution in [0, 0.1) is 0 Å². The number of hydrogen-bond donors (Lipinski definition) is 2. The molecule has 0 saturated carbocycles. The van der Waals surface area contributed by atoms with Crippen LogP contribution in [0.25, 0.3) is 0 Å². The van der Waals surface area contributed by atoms with Crippen LogP contribution in [0.1, 0.15) is 31.8 Å². The Labute approximate surface area is 160 Å². The number of nitrogens with zero attached hydrogens (tertiary/aromatic N) is 1. The number of quaternary nitrogens is 1. The van der Waals surface area contributed by atoms with Gasteiger partial charge >= 0.3 is 11.7 Å². The number of carbonyl (C=O) groups is 2. The number of rotatable bonds is 0. The number of Topliss-reactive ketones (excluding diaryl/α,β-unsaturated/α-hetero) is 1. The van der Waals surface area contributed by atoms with Gasteiger partial charge in [0.2, 0.25) is 6.79 Å². The van der Waals surface area contributed by atoms with E-state index in [0.717, 1.165) is 5.56 Å². The van der Waals surface area contributed by atoms with Gasteiger partial charge in [-0.1, -0.05) is 0 Å². The summed E-state index contributed by atoms with van der Waals surface area (Å²) in [6, 6.07) is 6.06. The Balaban J connectivity index is 1.80. The Morgan fingerprint density at radius 3 is 2.54 bits per heavy atom. The van der Waals surface area contributed by atoms with Crippen LogP contribution in [0.3, 0.4) is 0 Å². The highest BCUT2D eigenvalue weighted by atomic mass is 16.7. The van der Waals surface area contributed by atoms with Crippen LogP contribution < -0.4 is 9.47 Å². The lowest BCUT2D eigenvalue weighted by molar-refractivity contribution is -0.963. The van der Waals surface area contributed by atoms with Gasteiger partial charge in [0.25, 0.3) is 5.78 Å². The van der Waals surface area contributed by atoms with Gasteiger partial charge in [0.15, 0.2) is 23.0 Å². The zero-order valence-electron chi connectivity index (χ0n) is 15.3. The van der Waals surface area contributed by atoms with Crippen molar-refractivity contribution < 1.29 is 38.5 Å². The zero-order valence-corrected chi connectivity index (χ0v) is 15.3. The average Bonchev–Trinajstić information content (AvgIpc) is 3.11. The van der Waals surface area contributed by atoms with Crippen LogP contribution in [-0.4, -0.2) is 53.9 Å². The number of ketones is 1. The predicted molar refractivity (Wildman–Crippen MR) is 94.4 cm³/mol. The number of carbonyl (C=O) groups excluding carboxylic acids is 2. The maximum absolute atomic E-state index is 13.7. The molecule has 2 aromatic rings. The van der Waals surface area contributed by atoms with Crippen molar-refractivity contribution in [1.82, 2.24) is 0 Å². The Hall–Kier alpha value is -3.26. The van der Waals surface area contributed by atoms with Gasteiger partial charge in [-0.25, -0.2) is 4.79 Å². The van der Waals surface area contributed by atoms with Crippen LogP contribution >= 0.6 is 0 Å². The highest BCUT2D eigenvalue weighted by Gasteiger charge is 2.64. The van der Waals surface area contributed by atoms with Crippen molar-refractivity contribution >= 4 is 11.8 Å². The lowest BCUT2D eigenvalue weighted by atomic mass is 9.79. The largest absolute Gasteiger partial charge is 0.504 e. The number of ether oxygens (including phenoxy) is 3. The number of likely N-dealkylation sites (N-methyl/N-ethyl adjacent to an activating group) is 1. The summed E-state index contributed by atoms with van der Waals surface area (Å²) in [5, 5.41) is 19.9. The standard InChI is InChI=1S/C20H17NO7/c1-21(2)6-5-10-7-14-15(27-9-26-14)8-12(10)20(21)18(24)11-3-4-13(22)17(23)16(11)19(25)28-20/h3-4,7-8H,5-6,9H2,1-2H3,(H-,22,23,24,25)/p+1. The Bertz CT molecular complexity index is 1070. The molecule has 28 heavy (non-hydrogen) atoms. The number of aromatic hydroxyl groups is 2. The number of fused-ring (bicyclic) bond motifs is 4. The van der Waals surface area contributed by atoms with Gasteiger partial charge < -0.3 is 24.4 Å². The van der Waals surface area contributed by atoms with Crippen molar-refractivity contribution in [2.45, 2.75) is 12.1 Å². The molecule has 0 radical (unpaired) electrons.